The Hall–Kier alpha value is -2.78. The summed E-state index contributed by atoms with van der Waals surface area (Å²) in [6, 6.07) is 9.49. The number of H-pyrrole nitrogens is 1. The number of aromatic nitrogens is 1. The molecule has 0 bridgehead atoms. The second-order valence-corrected chi connectivity index (χ2v) is 6.50. The number of aryl methyl sites for hydroxylation is 2. The molecular formula is C20H20N2O3S. The molecule has 1 aromatic heterocycles. The molecule has 6 heteroatoms. The van der Waals surface area contributed by atoms with E-state index in [0.29, 0.717) is 11.4 Å². The van der Waals surface area contributed by atoms with E-state index < -0.39 is 11.8 Å². The number of carbonyl (C=O) groups is 2. The van der Waals surface area contributed by atoms with Crippen LogP contribution < -0.4 is 0 Å². The number of carbonyl (C=O) groups excluding carboxylic acids is 2. The van der Waals surface area contributed by atoms with Gasteiger partial charge in [-0.2, -0.15) is 5.26 Å². The Morgan fingerprint density at radius 1 is 1.19 bits per heavy atom. The average molecular weight is 368 g/mol. The summed E-state index contributed by atoms with van der Waals surface area (Å²) in [6.07, 6.45) is 3.51. The van der Waals surface area contributed by atoms with Gasteiger partial charge in [0.15, 0.2) is 0 Å². The molecule has 0 saturated carbocycles. The zero-order valence-corrected chi connectivity index (χ0v) is 16.0. The molecule has 0 aliphatic carbocycles. The van der Waals surface area contributed by atoms with E-state index in [1.807, 2.05) is 36.6 Å². The molecule has 5 nitrogen and oxygen atoms in total. The zero-order chi connectivity index (χ0) is 19.3. The van der Waals surface area contributed by atoms with Crippen LogP contribution in [0.25, 0.3) is 6.08 Å². The first kappa shape index (κ1) is 19.5. The quantitative estimate of drug-likeness (QED) is 0.270. The number of allylic oxidation sites excluding steroid dienone is 1. The highest BCUT2D eigenvalue weighted by molar-refractivity contribution is 7.98. The Bertz CT molecular complexity index is 902. The largest absolute Gasteiger partial charge is 0.462 e. The Kier molecular flexibility index (Phi) is 6.42. The number of hydrogen-bond acceptors (Lipinski definition) is 5. The van der Waals surface area contributed by atoms with Crippen molar-refractivity contribution in [3.63, 3.8) is 0 Å². The number of rotatable bonds is 6. The Labute approximate surface area is 157 Å². The van der Waals surface area contributed by atoms with Gasteiger partial charge in [0.05, 0.1) is 17.7 Å². The molecule has 0 saturated heterocycles. The first-order chi connectivity index (χ1) is 12.4. The number of Topliss-reactive ketones (excluding diaryl/α,β-unsaturated/α-hetero) is 1. The maximum Gasteiger partial charge on any atom is 0.340 e. The molecule has 0 fully saturated rings. The van der Waals surface area contributed by atoms with Crippen LogP contribution in [0.4, 0.5) is 0 Å². The van der Waals surface area contributed by atoms with Gasteiger partial charge in [0.2, 0.25) is 5.78 Å². The van der Waals surface area contributed by atoms with Gasteiger partial charge < -0.3 is 9.72 Å². The van der Waals surface area contributed by atoms with Crippen LogP contribution in [0.1, 0.15) is 44.6 Å². The third-order valence-electron chi connectivity index (χ3n) is 3.87. The number of hydrogen-bond donors (Lipinski definition) is 1. The molecule has 2 rings (SSSR count). The van der Waals surface area contributed by atoms with Crippen LogP contribution in [0.5, 0.6) is 0 Å². The fourth-order valence-corrected chi connectivity index (χ4v) is 3.08. The van der Waals surface area contributed by atoms with E-state index in [2.05, 4.69) is 4.98 Å². The monoisotopic (exact) mass is 368 g/mol. The van der Waals surface area contributed by atoms with Crippen molar-refractivity contribution in [2.45, 2.75) is 25.7 Å². The van der Waals surface area contributed by atoms with E-state index in [9.17, 15) is 14.9 Å². The van der Waals surface area contributed by atoms with Gasteiger partial charge in [-0.3, -0.25) is 4.79 Å². The predicted octanol–water partition coefficient (Wildman–Crippen LogP) is 4.32. The Morgan fingerprint density at radius 3 is 2.35 bits per heavy atom. The van der Waals surface area contributed by atoms with E-state index in [1.165, 1.54) is 6.08 Å². The van der Waals surface area contributed by atoms with Crippen molar-refractivity contribution < 1.29 is 14.3 Å². The lowest BCUT2D eigenvalue weighted by Crippen LogP contribution is -2.13. The summed E-state index contributed by atoms with van der Waals surface area (Å²) < 4.78 is 5.05. The molecule has 2 aromatic rings. The van der Waals surface area contributed by atoms with E-state index in [-0.39, 0.29) is 23.3 Å². The molecule has 0 aliphatic heterocycles. The standard InChI is InChI=1S/C20H20N2O3S/c1-5-25-20(24)18-13(3)22-12(2)17(18)19(23)15(11-21)10-14-6-8-16(26-4)9-7-14/h6-10,22H,5H2,1-4H3. The molecule has 0 spiro atoms. The molecule has 1 heterocycles. The van der Waals surface area contributed by atoms with Crippen molar-refractivity contribution in [3.8, 4) is 6.07 Å². The van der Waals surface area contributed by atoms with Crippen LogP contribution in [-0.2, 0) is 4.74 Å². The fourth-order valence-electron chi connectivity index (χ4n) is 2.67. The van der Waals surface area contributed by atoms with Crippen molar-refractivity contribution in [2.24, 2.45) is 0 Å². The lowest BCUT2D eigenvalue weighted by molar-refractivity contribution is 0.0523. The first-order valence-corrected chi connectivity index (χ1v) is 9.32. The number of nitriles is 1. The van der Waals surface area contributed by atoms with Gasteiger partial charge in [-0.1, -0.05) is 12.1 Å². The van der Waals surface area contributed by atoms with Crippen LogP contribution in [0.2, 0.25) is 0 Å². The average Bonchev–Trinajstić information content (AvgIpc) is 2.93. The summed E-state index contributed by atoms with van der Waals surface area (Å²) in [5.41, 5.74) is 2.17. The Morgan fingerprint density at radius 2 is 1.81 bits per heavy atom. The minimum Gasteiger partial charge on any atom is -0.462 e. The van der Waals surface area contributed by atoms with Gasteiger partial charge in [-0.15, -0.1) is 11.8 Å². The second-order valence-electron chi connectivity index (χ2n) is 5.62. The third kappa shape index (κ3) is 4.06. The number of aromatic amines is 1. The van der Waals surface area contributed by atoms with Gasteiger partial charge in [0, 0.05) is 16.3 Å². The van der Waals surface area contributed by atoms with Crippen LogP contribution >= 0.6 is 11.8 Å². The number of benzene rings is 1. The maximum absolute atomic E-state index is 12.9. The second kappa shape index (κ2) is 8.54. The number of ether oxygens (including phenoxy) is 1. The molecule has 0 atom stereocenters. The molecule has 0 aliphatic rings. The summed E-state index contributed by atoms with van der Waals surface area (Å²) in [5, 5.41) is 9.48. The lowest BCUT2D eigenvalue weighted by Gasteiger charge is -2.05. The molecular weight excluding hydrogens is 348 g/mol. The zero-order valence-electron chi connectivity index (χ0n) is 15.2. The van der Waals surface area contributed by atoms with E-state index in [0.717, 1.165) is 10.5 Å². The van der Waals surface area contributed by atoms with Crippen molar-refractivity contribution in [1.29, 1.82) is 5.26 Å². The number of ketones is 1. The van der Waals surface area contributed by atoms with Crippen molar-refractivity contribution in [3.05, 3.63) is 57.9 Å². The van der Waals surface area contributed by atoms with Crippen LogP contribution in [0.15, 0.2) is 34.7 Å². The molecule has 0 radical (unpaired) electrons. The third-order valence-corrected chi connectivity index (χ3v) is 4.62. The van der Waals surface area contributed by atoms with E-state index >= 15 is 0 Å². The normalized spacial score (nSPS) is 11.1. The highest BCUT2D eigenvalue weighted by Crippen LogP contribution is 2.24. The minimum absolute atomic E-state index is 0.0328. The van der Waals surface area contributed by atoms with Crippen molar-refractivity contribution in [1.82, 2.24) is 4.98 Å². The SMILES string of the molecule is CCOC(=O)c1c(C)[nH]c(C)c1C(=O)C(C#N)=Cc1ccc(SC)cc1. The number of thioether (sulfide) groups is 1. The number of esters is 1. The van der Waals surface area contributed by atoms with E-state index in [1.54, 1.807) is 32.5 Å². The van der Waals surface area contributed by atoms with E-state index in [4.69, 9.17) is 4.74 Å². The van der Waals surface area contributed by atoms with Gasteiger partial charge in [0.1, 0.15) is 11.6 Å². The maximum atomic E-state index is 12.9. The molecule has 134 valence electrons. The van der Waals surface area contributed by atoms with Gasteiger partial charge in [-0.25, -0.2) is 4.79 Å². The molecule has 0 amide bonds. The lowest BCUT2D eigenvalue weighted by atomic mass is 9.98. The topological polar surface area (TPSA) is 83.0 Å². The van der Waals surface area contributed by atoms with Gasteiger partial charge in [-0.05, 0) is 50.8 Å². The van der Waals surface area contributed by atoms with Crippen LogP contribution in [0, 0.1) is 25.2 Å². The summed E-state index contributed by atoms with van der Waals surface area (Å²) >= 11 is 1.61. The summed E-state index contributed by atoms with van der Waals surface area (Å²) in [6.45, 7) is 5.31. The highest BCUT2D eigenvalue weighted by Gasteiger charge is 2.27. The molecule has 1 N–H and O–H groups in total. The van der Waals surface area contributed by atoms with Gasteiger partial charge >= 0.3 is 5.97 Å². The first-order valence-electron chi connectivity index (χ1n) is 8.09. The molecule has 1 aromatic carbocycles. The number of nitrogens with zero attached hydrogens (tertiary/aromatic N) is 1. The molecule has 26 heavy (non-hydrogen) atoms. The van der Waals surface area contributed by atoms with Crippen molar-refractivity contribution >= 4 is 29.6 Å². The summed E-state index contributed by atoms with van der Waals surface area (Å²) in [7, 11) is 0. The molecule has 0 unspecified atom stereocenters. The van der Waals surface area contributed by atoms with Crippen molar-refractivity contribution in [2.75, 3.05) is 12.9 Å². The number of nitrogens with one attached hydrogen (secondary N) is 1. The van der Waals surface area contributed by atoms with Crippen LogP contribution in [0.3, 0.4) is 0 Å². The van der Waals surface area contributed by atoms with Crippen LogP contribution in [-0.4, -0.2) is 29.6 Å². The predicted molar refractivity (Wildman–Crippen MR) is 102 cm³/mol. The summed E-state index contributed by atoms with van der Waals surface area (Å²) in [5.74, 6) is -1.06. The Balaban J connectivity index is 2.47. The minimum atomic E-state index is -0.570. The fraction of sp³-hybridized carbons (Fsp3) is 0.250. The smallest absolute Gasteiger partial charge is 0.340 e. The summed E-state index contributed by atoms with van der Waals surface area (Å²) in [4.78, 5) is 29.3. The van der Waals surface area contributed by atoms with Gasteiger partial charge in [0.25, 0.3) is 0 Å². The highest BCUT2D eigenvalue weighted by atomic mass is 32.2.